The van der Waals surface area contributed by atoms with E-state index >= 15 is 0 Å². The summed E-state index contributed by atoms with van der Waals surface area (Å²) >= 11 is 0. The molecule has 0 radical (unpaired) electrons. The number of hydrogen-bond acceptors (Lipinski definition) is 5. The number of piperidine rings is 1. The van der Waals surface area contributed by atoms with Crippen molar-refractivity contribution >= 4 is 22.0 Å². The Kier molecular flexibility index (Phi) is 6.42. The summed E-state index contributed by atoms with van der Waals surface area (Å²) in [5.41, 5.74) is 5.64. The smallest absolute Gasteiger partial charge is 0.211 e. The number of hydrogen-bond donors (Lipinski definition) is 1. The van der Waals surface area contributed by atoms with Crippen molar-refractivity contribution < 1.29 is 13.2 Å². The quantitative estimate of drug-likeness (QED) is 0.525. The summed E-state index contributed by atoms with van der Waals surface area (Å²) < 4.78 is 27.2. The maximum atomic E-state index is 12.7. The average Bonchev–Trinajstić information content (AvgIpc) is 3.46. The molecule has 0 amide bonds. The number of benzene rings is 2. The van der Waals surface area contributed by atoms with Gasteiger partial charge in [0.1, 0.15) is 0 Å². The number of likely N-dealkylation sites (tertiary alicyclic amines) is 1. The number of anilines is 1. The standard InChI is InChI=1S/C29H37N3O3S/c1-2-12-36(34,35)30-24-17-32(18-24)28-11-9-21-8-10-27(31-15-22-14-23(22)16-31)25(29(21)26(28)19-33)13-20-6-4-3-5-7-20/h3-7,9,11,19,22-25,27,30H,2,8,10,12-18H2,1H3/t22?,23?,25-,27-/m0/s1. The summed E-state index contributed by atoms with van der Waals surface area (Å²) in [6.45, 7) is 5.49. The van der Waals surface area contributed by atoms with E-state index < -0.39 is 10.0 Å². The van der Waals surface area contributed by atoms with Crippen molar-refractivity contribution in [3.8, 4) is 0 Å². The third-order valence-electron chi connectivity index (χ3n) is 8.83. The van der Waals surface area contributed by atoms with E-state index in [0.29, 0.717) is 25.6 Å². The van der Waals surface area contributed by atoms with Gasteiger partial charge in [0.15, 0.2) is 6.29 Å². The lowest BCUT2D eigenvalue weighted by Gasteiger charge is -2.44. The van der Waals surface area contributed by atoms with Gasteiger partial charge in [0.05, 0.1) is 11.8 Å². The molecule has 6 rings (SSSR count). The van der Waals surface area contributed by atoms with Crippen molar-refractivity contribution in [1.29, 1.82) is 0 Å². The van der Waals surface area contributed by atoms with Crippen molar-refractivity contribution in [1.82, 2.24) is 9.62 Å². The lowest BCUT2D eigenvalue weighted by atomic mass is 9.73. The predicted molar refractivity (Wildman–Crippen MR) is 143 cm³/mol. The van der Waals surface area contributed by atoms with Gasteiger partial charge < -0.3 is 4.90 Å². The molecule has 0 bridgehead atoms. The molecule has 6 nitrogen and oxygen atoms in total. The first-order chi connectivity index (χ1) is 17.5. The van der Waals surface area contributed by atoms with Crippen LogP contribution in [0.5, 0.6) is 0 Å². The number of sulfonamides is 1. The van der Waals surface area contributed by atoms with E-state index in [1.54, 1.807) is 0 Å². The molecule has 0 aromatic heterocycles. The van der Waals surface area contributed by atoms with Crippen LogP contribution in [0.1, 0.15) is 59.2 Å². The minimum absolute atomic E-state index is 0.0960. The van der Waals surface area contributed by atoms with E-state index in [0.717, 1.165) is 48.6 Å². The Labute approximate surface area is 215 Å². The Morgan fingerprint density at radius 3 is 2.47 bits per heavy atom. The molecule has 2 heterocycles. The van der Waals surface area contributed by atoms with Crippen LogP contribution in [-0.2, 0) is 22.9 Å². The monoisotopic (exact) mass is 507 g/mol. The number of nitrogens with one attached hydrogen (secondary N) is 1. The molecule has 7 heteroatoms. The summed E-state index contributed by atoms with van der Waals surface area (Å²) in [5.74, 6) is 2.21. The molecule has 2 aromatic carbocycles. The fourth-order valence-corrected chi connectivity index (χ4v) is 8.31. The third kappa shape index (κ3) is 4.61. The van der Waals surface area contributed by atoms with Gasteiger partial charge in [-0.2, -0.15) is 0 Å². The zero-order chi connectivity index (χ0) is 24.9. The average molecular weight is 508 g/mol. The van der Waals surface area contributed by atoms with Crippen LogP contribution in [0.3, 0.4) is 0 Å². The zero-order valence-electron chi connectivity index (χ0n) is 21.1. The predicted octanol–water partition coefficient (Wildman–Crippen LogP) is 3.61. The molecule has 2 saturated heterocycles. The molecule has 2 aliphatic heterocycles. The normalized spacial score (nSPS) is 27.9. The molecule has 1 saturated carbocycles. The van der Waals surface area contributed by atoms with Crippen LogP contribution in [0.4, 0.5) is 5.69 Å². The van der Waals surface area contributed by atoms with Gasteiger partial charge in [-0.1, -0.05) is 43.3 Å². The molecule has 2 unspecified atom stereocenters. The summed E-state index contributed by atoms with van der Waals surface area (Å²) in [6.07, 6.45) is 6.16. The number of aryl methyl sites for hydroxylation is 1. The van der Waals surface area contributed by atoms with E-state index in [1.807, 2.05) is 6.92 Å². The molecule has 2 aliphatic carbocycles. The minimum atomic E-state index is -3.24. The third-order valence-corrected chi connectivity index (χ3v) is 10.5. The first-order valence-corrected chi connectivity index (χ1v) is 15.2. The van der Waals surface area contributed by atoms with Crippen LogP contribution in [-0.4, -0.2) is 63.6 Å². The van der Waals surface area contributed by atoms with Gasteiger partial charge in [0.2, 0.25) is 10.0 Å². The molecular weight excluding hydrogens is 470 g/mol. The molecule has 4 atom stereocenters. The van der Waals surface area contributed by atoms with Crippen LogP contribution >= 0.6 is 0 Å². The Hall–Kier alpha value is -2.22. The highest BCUT2D eigenvalue weighted by molar-refractivity contribution is 7.89. The Morgan fingerprint density at radius 2 is 1.78 bits per heavy atom. The van der Waals surface area contributed by atoms with Crippen molar-refractivity contribution in [3.05, 3.63) is 64.7 Å². The Balaban J connectivity index is 1.30. The molecule has 192 valence electrons. The maximum absolute atomic E-state index is 12.7. The first-order valence-electron chi connectivity index (χ1n) is 13.6. The molecule has 0 spiro atoms. The second-order valence-electron chi connectivity index (χ2n) is 11.3. The number of aldehydes is 1. The maximum Gasteiger partial charge on any atom is 0.211 e. The largest absolute Gasteiger partial charge is 0.368 e. The van der Waals surface area contributed by atoms with E-state index in [1.165, 1.54) is 36.2 Å². The fraction of sp³-hybridized carbons (Fsp3) is 0.552. The highest BCUT2D eigenvalue weighted by Crippen LogP contribution is 2.49. The van der Waals surface area contributed by atoms with Crippen molar-refractivity contribution in [2.75, 3.05) is 36.8 Å². The molecule has 4 aliphatic rings. The van der Waals surface area contributed by atoms with Gasteiger partial charge >= 0.3 is 0 Å². The molecular formula is C29H37N3O3S. The summed E-state index contributed by atoms with van der Waals surface area (Å²) in [5, 5.41) is 0. The highest BCUT2D eigenvalue weighted by Gasteiger charge is 2.49. The van der Waals surface area contributed by atoms with Crippen molar-refractivity contribution in [3.63, 3.8) is 0 Å². The molecule has 3 fully saturated rings. The van der Waals surface area contributed by atoms with Gasteiger partial charge in [-0.25, -0.2) is 13.1 Å². The number of carbonyl (C=O) groups excluding carboxylic acids is 1. The van der Waals surface area contributed by atoms with Gasteiger partial charge in [0, 0.05) is 49.4 Å². The van der Waals surface area contributed by atoms with Crippen LogP contribution in [0.25, 0.3) is 0 Å². The summed E-state index contributed by atoms with van der Waals surface area (Å²) in [4.78, 5) is 17.6. The number of nitrogens with zero attached hydrogens (tertiary/aromatic N) is 2. The molecule has 36 heavy (non-hydrogen) atoms. The lowest BCUT2D eigenvalue weighted by molar-refractivity contribution is 0.111. The highest BCUT2D eigenvalue weighted by atomic mass is 32.2. The number of fused-ring (bicyclic) bond motifs is 2. The lowest BCUT2D eigenvalue weighted by Crippen LogP contribution is -2.60. The van der Waals surface area contributed by atoms with Crippen molar-refractivity contribution in [2.24, 2.45) is 11.8 Å². The van der Waals surface area contributed by atoms with Crippen LogP contribution in [0.15, 0.2) is 42.5 Å². The van der Waals surface area contributed by atoms with Crippen LogP contribution < -0.4 is 9.62 Å². The summed E-state index contributed by atoms with van der Waals surface area (Å²) in [6, 6.07) is 15.4. The van der Waals surface area contributed by atoms with Crippen LogP contribution in [0, 0.1) is 11.8 Å². The van der Waals surface area contributed by atoms with Crippen LogP contribution in [0.2, 0.25) is 0 Å². The van der Waals surface area contributed by atoms with Gasteiger partial charge in [-0.05, 0) is 66.7 Å². The minimum Gasteiger partial charge on any atom is -0.368 e. The van der Waals surface area contributed by atoms with E-state index in [4.69, 9.17) is 0 Å². The van der Waals surface area contributed by atoms with Gasteiger partial charge in [0.25, 0.3) is 0 Å². The number of carbonyl (C=O) groups is 1. The second-order valence-corrected chi connectivity index (χ2v) is 13.2. The van der Waals surface area contributed by atoms with Gasteiger partial charge in [-0.15, -0.1) is 0 Å². The zero-order valence-corrected chi connectivity index (χ0v) is 21.9. The first kappa shape index (κ1) is 24.1. The molecule has 1 N–H and O–H groups in total. The second kappa shape index (κ2) is 9.58. The van der Waals surface area contributed by atoms with E-state index in [2.05, 4.69) is 57.0 Å². The number of rotatable bonds is 9. The van der Waals surface area contributed by atoms with Gasteiger partial charge in [-0.3, -0.25) is 9.69 Å². The Bertz CT molecular complexity index is 1220. The molecule has 2 aromatic rings. The summed E-state index contributed by atoms with van der Waals surface area (Å²) in [7, 11) is -3.24. The van der Waals surface area contributed by atoms with E-state index in [-0.39, 0.29) is 17.7 Å². The SMILES string of the molecule is CCCS(=O)(=O)NC1CN(c2ccc3c(c2C=O)[C@@H](Cc2ccccc2)[C@@H](N2CC4CC4C2)CC3)C1. The Morgan fingerprint density at radius 1 is 1.03 bits per heavy atom. The fourth-order valence-electron chi connectivity index (χ4n) is 7.00. The van der Waals surface area contributed by atoms with Crippen molar-refractivity contribution in [2.45, 2.75) is 57.0 Å². The topological polar surface area (TPSA) is 69.7 Å². The van der Waals surface area contributed by atoms with E-state index in [9.17, 15) is 13.2 Å².